The Morgan fingerprint density at radius 3 is 2.48 bits per heavy atom. The topological polar surface area (TPSA) is 60.5 Å². The van der Waals surface area contributed by atoms with Crippen molar-refractivity contribution in [3.63, 3.8) is 0 Å². The van der Waals surface area contributed by atoms with Crippen LogP contribution < -0.4 is 14.8 Å². The molecule has 1 N–H and O–H groups in total. The number of carbonyl (C=O) groups is 1. The molecule has 1 aliphatic heterocycles. The number of alkyl halides is 6. The van der Waals surface area contributed by atoms with Gasteiger partial charge >= 0.3 is 18.3 Å². The predicted octanol–water partition coefficient (Wildman–Crippen LogP) is 2.31. The SMILES string of the molecule is O=C(Oc1cc(C(F)(F)F)cnc1OC1CCNC1)C(F)(F)F. The van der Waals surface area contributed by atoms with Gasteiger partial charge in [-0.3, -0.25) is 0 Å². The van der Waals surface area contributed by atoms with Crippen LogP contribution in [-0.2, 0) is 11.0 Å². The lowest BCUT2D eigenvalue weighted by molar-refractivity contribution is -0.189. The first-order valence-corrected chi connectivity index (χ1v) is 6.31. The summed E-state index contributed by atoms with van der Waals surface area (Å²) in [5.41, 5.74) is -1.36. The molecular formula is C12H10F6N2O3. The molecule has 2 rings (SSSR count). The maximum absolute atomic E-state index is 12.6. The lowest BCUT2D eigenvalue weighted by Gasteiger charge is -2.16. The maximum Gasteiger partial charge on any atom is 0.491 e. The van der Waals surface area contributed by atoms with Gasteiger partial charge in [-0.25, -0.2) is 9.78 Å². The highest BCUT2D eigenvalue weighted by molar-refractivity contribution is 5.78. The Balaban J connectivity index is 2.30. The van der Waals surface area contributed by atoms with Crippen LogP contribution in [-0.4, -0.2) is 36.3 Å². The lowest BCUT2D eigenvalue weighted by Crippen LogP contribution is -2.29. The van der Waals surface area contributed by atoms with E-state index in [9.17, 15) is 31.1 Å². The Kier molecular flexibility index (Phi) is 4.68. The fourth-order valence-electron chi connectivity index (χ4n) is 1.79. The van der Waals surface area contributed by atoms with Crippen LogP contribution in [0.1, 0.15) is 12.0 Å². The Morgan fingerprint density at radius 2 is 1.96 bits per heavy atom. The molecule has 5 nitrogen and oxygen atoms in total. The normalized spacial score (nSPS) is 18.8. The summed E-state index contributed by atoms with van der Waals surface area (Å²) in [5, 5.41) is 2.89. The average molecular weight is 344 g/mol. The highest BCUT2D eigenvalue weighted by Gasteiger charge is 2.42. The van der Waals surface area contributed by atoms with Crippen LogP contribution in [0.4, 0.5) is 26.3 Å². The van der Waals surface area contributed by atoms with Crippen LogP contribution in [0, 0.1) is 0 Å². The second kappa shape index (κ2) is 6.22. The van der Waals surface area contributed by atoms with Gasteiger partial charge in [0.1, 0.15) is 6.10 Å². The Bertz CT molecular complexity index is 581. The number of rotatable bonds is 3. The summed E-state index contributed by atoms with van der Waals surface area (Å²) in [4.78, 5) is 14.2. The molecule has 0 radical (unpaired) electrons. The highest BCUT2D eigenvalue weighted by atomic mass is 19.4. The van der Waals surface area contributed by atoms with Crippen LogP contribution >= 0.6 is 0 Å². The molecule has 1 saturated heterocycles. The predicted molar refractivity (Wildman–Crippen MR) is 62.8 cm³/mol. The zero-order chi connectivity index (χ0) is 17.3. The molecule has 11 heteroatoms. The first kappa shape index (κ1) is 17.3. The van der Waals surface area contributed by atoms with Crippen LogP contribution in [0.25, 0.3) is 0 Å². The molecule has 0 amide bonds. The zero-order valence-electron chi connectivity index (χ0n) is 11.3. The summed E-state index contributed by atoms with van der Waals surface area (Å²) >= 11 is 0. The summed E-state index contributed by atoms with van der Waals surface area (Å²) < 4.78 is 83.8. The molecule has 0 aromatic carbocycles. The second-order valence-electron chi connectivity index (χ2n) is 4.64. The largest absolute Gasteiger partial charge is 0.491 e. The smallest absolute Gasteiger partial charge is 0.470 e. The monoisotopic (exact) mass is 344 g/mol. The number of hydrogen-bond donors (Lipinski definition) is 1. The lowest BCUT2D eigenvalue weighted by atomic mass is 10.2. The van der Waals surface area contributed by atoms with Crippen molar-refractivity contribution in [2.24, 2.45) is 0 Å². The van der Waals surface area contributed by atoms with Crippen molar-refractivity contribution < 1.29 is 40.6 Å². The highest BCUT2D eigenvalue weighted by Crippen LogP contribution is 2.36. The van der Waals surface area contributed by atoms with Gasteiger partial charge in [-0.05, 0) is 13.0 Å². The molecule has 0 bridgehead atoms. The summed E-state index contributed by atoms with van der Waals surface area (Å²) in [5.74, 6) is -4.30. The fraction of sp³-hybridized carbons (Fsp3) is 0.500. The van der Waals surface area contributed by atoms with E-state index in [2.05, 4.69) is 15.0 Å². The number of halogens is 6. The van der Waals surface area contributed by atoms with E-state index in [1.54, 1.807) is 0 Å². The van der Waals surface area contributed by atoms with Gasteiger partial charge in [-0.15, -0.1) is 0 Å². The van der Waals surface area contributed by atoms with Crippen molar-refractivity contribution in [3.05, 3.63) is 17.8 Å². The minimum Gasteiger partial charge on any atom is -0.470 e. The number of hydrogen-bond acceptors (Lipinski definition) is 5. The van der Waals surface area contributed by atoms with Gasteiger partial charge in [-0.2, -0.15) is 26.3 Å². The van der Waals surface area contributed by atoms with Crippen molar-refractivity contribution in [2.45, 2.75) is 24.9 Å². The number of ether oxygens (including phenoxy) is 2. The molecule has 0 saturated carbocycles. The first-order valence-electron chi connectivity index (χ1n) is 6.31. The molecule has 23 heavy (non-hydrogen) atoms. The van der Waals surface area contributed by atoms with Gasteiger partial charge in [-0.1, -0.05) is 0 Å². The standard InChI is InChI=1S/C12H10F6N2O3/c13-11(14,15)6-3-8(23-10(21)12(16,17)18)9(20-4-6)22-7-1-2-19-5-7/h3-4,7,19H,1-2,5H2. The van der Waals surface area contributed by atoms with E-state index in [1.807, 2.05) is 0 Å². The second-order valence-corrected chi connectivity index (χ2v) is 4.64. The van der Waals surface area contributed by atoms with Gasteiger partial charge in [0.25, 0.3) is 5.88 Å². The third-order valence-electron chi connectivity index (χ3n) is 2.87. The van der Waals surface area contributed by atoms with E-state index >= 15 is 0 Å². The molecule has 1 aromatic heterocycles. The van der Waals surface area contributed by atoms with Gasteiger partial charge in [0.2, 0.25) is 0 Å². The number of nitrogens with one attached hydrogen (secondary N) is 1. The van der Waals surface area contributed by atoms with Crippen molar-refractivity contribution >= 4 is 5.97 Å². The zero-order valence-corrected chi connectivity index (χ0v) is 11.3. The minimum absolute atomic E-state index is 0.244. The van der Waals surface area contributed by atoms with E-state index in [0.29, 0.717) is 25.7 Å². The third kappa shape index (κ3) is 4.47. The summed E-state index contributed by atoms with van der Waals surface area (Å²) in [7, 11) is 0. The van der Waals surface area contributed by atoms with Crippen molar-refractivity contribution in [1.29, 1.82) is 0 Å². The van der Waals surface area contributed by atoms with Crippen molar-refractivity contribution in [2.75, 3.05) is 13.1 Å². The van der Waals surface area contributed by atoms with E-state index in [0.717, 1.165) is 0 Å². The number of carbonyl (C=O) groups excluding carboxylic acids is 1. The number of pyridine rings is 1. The van der Waals surface area contributed by atoms with Crippen LogP contribution in [0.15, 0.2) is 12.3 Å². The van der Waals surface area contributed by atoms with Crippen LogP contribution in [0.5, 0.6) is 11.6 Å². The molecule has 1 atom stereocenters. The number of nitrogens with zero attached hydrogens (tertiary/aromatic N) is 1. The third-order valence-corrected chi connectivity index (χ3v) is 2.87. The summed E-state index contributed by atoms with van der Waals surface area (Å²) in [6.45, 7) is 0.915. The van der Waals surface area contributed by atoms with Crippen molar-refractivity contribution in [1.82, 2.24) is 10.3 Å². The van der Waals surface area contributed by atoms with E-state index in [1.165, 1.54) is 0 Å². The molecule has 0 spiro atoms. The van der Waals surface area contributed by atoms with Gasteiger partial charge < -0.3 is 14.8 Å². The Morgan fingerprint density at radius 1 is 1.26 bits per heavy atom. The minimum atomic E-state index is -5.36. The molecule has 1 aliphatic rings. The maximum atomic E-state index is 12.6. The Hall–Kier alpha value is -2.04. The van der Waals surface area contributed by atoms with E-state index in [4.69, 9.17) is 4.74 Å². The quantitative estimate of drug-likeness (QED) is 0.674. The first-order chi connectivity index (χ1) is 10.6. The molecule has 1 aromatic rings. The van der Waals surface area contributed by atoms with E-state index in [-0.39, 0.29) is 6.07 Å². The van der Waals surface area contributed by atoms with Gasteiger partial charge in [0, 0.05) is 18.8 Å². The average Bonchev–Trinajstić information content (AvgIpc) is 2.91. The van der Waals surface area contributed by atoms with Crippen LogP contribution in [0.2, 0.25) is 0 Å². The van der Waals surface area contributed by atoms with Gasteiger partial charge in [0.05, 0.1) is 5.56 Å². The van der Waals surface area contributed by atoms with Crippen molar-refractivity contribution in [3.8, 4) is 11.6 Å². The number of esters is 1. The van der Waals surface area contributed by atoms with Gasteiger partial charge in [0.15, 0.2) is 5.75 Å². The molecular weight excluding hydrogens is 334 g/mol. The molecule has 0 aliphatic carbocycles. The Labute approximate surface area is 125 Å². The molecule has 1 fully saturated rings. The molecule has 1 unspecified atom stereocenters. The van der Waals surface area contributed by atoms with Crippen LogP contribution in [0.3, 0.4) is 0 Å². The summed E-state index contributed by atoms with van der Waals surface area (Å²) in [6.07, 6.45) is -9.85. The molecule has 128 valence electrons. The summed E-state index contributed by atoms with van der Waals surface area (Å²) in [6, 6.07) is 0.244. The molecule has 2 heterocycles. The number of aromatic nitrogens is 1. The fourth-order valence-corrected chi connectivity index (χ4v) is 1.79. The van der Waals surface area contributed by atoms with E-state index < -0.39 is 41.6 Å².